The molecule has 0 aliphatic heterocycles. The van der Waals surface area contributed by atoms with Crippen LogP contribution in [0.3, 0.4) is 0 Å². The second kappa shape index (κ2) is 5.32. The van der Waals surface area contributed by atoms with E-state index >= 15 is 0 Å². The third-order valence-corrected chi connectivity index (χ3v) is 3.23. The third-order valence-electron chi connectivity index (χ3n) is 3.23. The second-order valence-electron chi connectivity index (χ2n) is 4.74. The third kappa shape index (κ3) is 2.83. The minimum Gasteiger partial charge on any atom is -0.228 e. The van der Waals surface area contributed by atoms with E-state index in [4.69, 9.17) is 5.26 Å². The van der Waals surface area contributed by atoms with Gasteiger partial charge in [-0.15, -0.1) is 0 Å². The number of fused-ring (bicyclic) bond motifs is 1. The summed E-state index contributed by atoms with van der Waals surface area (Å²) in [5, 5.41) is 9.29. The van der Waals surface area contributed by atoms with Gasteiger partial charge in [0, 0.05) is 10.9 Å². The highest BCUT2D eigenvalue weighted by Gasteiger charge is 2.32. The number of benzene rings is 1. The number of nitrogens with zero attached hydrogens (tertiary/aromatic N) is 3. The topological polar surface area (TPSA) is 49.6 Å². The monoisotopic (exact) mass is 317 g/mol. The van der Waals surface area contributed by atoms with Gasteiger partial charge in [-0.25, -0.2) is 14.4 Å². The molecule has 0 unspecified atom stereocenters. The summed E-state index contributed by atoms with van der Waals surface area (Å²) in [4.78, 5) is 7.60. The van der Waals surface area contributed by atoms with Crippen molar-refractivity contribution in [3.63, 3.8) is 0 Å². The van der Waals surface area contributed by atoms with E-state index in [-0.39, 0.29) is 11.2 Å². The summed E-state index contributed by atoms with van der Waals surface area (Å²) in [6, 6.07) is 10.8. The average Bonchev–Trinajstić information content (AvgIpc) is 2.53. The lowest BCUT2D eigenvalue weighted by Crippen LogP contribution is -2.08. The zero-order valence-corrected chi connectivity index (χ0v) is 11.4. The molecule has 7 heteroatoms. The SMILES string of the molecule is N#Cc1cc(-c2ccc3ccc(C(F)(F)F)nc3n2)ccc1F. The molecule has 3 nitrogen and oxygen atoms in total. The van der Waals surface area contributed by atoms with E-state index in [1.54, 1.807) is 18.2 Å². The molecule has 0 fully saturated rings. The van der Waals surface area contributed by atoms with Gasteiger partial charge in [-0.05, 0) is 42.5 Å². The summed E-state index contributed by atoms with van der Waals surface area (Å²) < 4.78 is 51.5. The molecule has 23 heavy (non-hydrogen) atoms. The molecule has 3 aromatic rings. The summed E-state index contributed by atoms with van der Waals surface area (Å²) in [6.45, 7) is 0. The van der Waals surface area contributed by atoms with Gasteiger partial charge in [-0.3, -0.25) is 0 Å². The number of alkyl halides is 3. The van der Waals surface area contributed by atoms with E-state index in [0.29, 0.717) is 16.6 Å². The number of hydrogen-bond donors (Lipinski definition) is 0. The number of halogens is 4. The molecule has 0 N–H and O–H groups in total. The van der Waals surface area contributed by atoms with Gasteiger partial charge in [0.2, 0.25) is 0 Å². The van der Waals surface area contributed by atoms with Crippen LogP contribution in [0.2, 0.25) is 0 Å². The smallest absolute Gasteiger partial charge is 0.228 e. The van der Waals surface area contributed by atoms with Crippen molar-refractivity contribution < 1.29 is 17.6 Å². The van der Waals surface area contributed by atoms with Gasteiger partial charge in [0.25, 0.3) is 0 Å². The number of aromatic nitrogens is 2. The van der Waals surface area contributed by atoms with Crippen molar-refractivity contribution in [3.05, 3.63) is 59.5 Å². The molecular formula is C16H7F4N3. The van der Waals surface area contributed by atoms with Crippen LogP contribution in [0.4, 0.5) is 17.6 Å². The van der Waals surface area contributed by atoms with Gasteiger partial charge in [0.1, 0.15) is 17.6 Å². The highest BCUT2D eigenvalue weighted by molar-refractivity contribution is 5.78. The van der Waals surface area contributed by atoms with E-state index < -0.39 is 17.7 Å². The van der Waals surface area contributed by atoms with Crippen LogP contribution in [0.5, 0.6) is 0 Å². The van der Waals surface area contributed by atoms with Gasteiger partial charge in [0.05, 0.1) is 11.3 Å². The molecule has 0 amide bonds. The summed E-state index contributed by atoms with van der Waals surface area (Å²) in [6.07, 6.45) is -4.56. The van der Waals surface area contributed by atoms with Crippen molar-refractivity contribution in [2.24, 2.45) is 0 Å². The maximum atomic E-state index is 13.3. The standard InChI is InChI=1S/C16H7F4N3/c17-12-4-1-10(7-11(12)8-21)13-5-2-9-3-6-14(16(18,19)20)23-15(9)22-13/h1-7H. The van der Waals surface area contributed by atoms with E-state index in [1.165, 1.54) is 18.2 Å². The molecular weight excluding hydrogens is 310 g/mol. The van der Waals surface area contributed by atoms with E-state index in [9.17, 15) is 17.6 Å². The van der Waals surface area contributed by atoms with Crippen molar-refractivity contribution in [2.45, 2.75) is 6.18 Å². The summed E-state index contributed by atoms with van der Waals surface area (Å²) in [7, 11) is 0. The molecule has 114 valence electrons. The first-order valence-electron chi connectivity index (χ1n) is 6.43. The minimum atomic E-state index is -4.56. The van der Waals surface area contributed by atoms with Crippen LogP contribution in [0.15, 0.2) is 42.5 Å². The molecule has 0 spiro atoms. The number of hydrogen-bond acceptors (Lipinski definition) is 3. The predicted molar refractivity (Wildman–Crippen MR) is 74.6 cm³/mol. The first kappa shape index (κ1) is 14.9. The molecule has 2 heterocycles. The molecule has 0 aliphatic rings. The lowest BCUT2D eigenvalue weighted by Gasteiger charge is -2.07. The Hall–Kier alpha value is -3.01. The molecule has 2 aromatic heterocycles. The quantitative estimate of drug-likeness (QED) is 0.628. The Morgan fingerprint density at radius 3 is 2.39 bits per heavy atom. The molecule has 0 radical (unpaired) electrons. The van der Waals surface area contributed by atoms with Gasteiger partial charge in [-0.1, -0.05) is 0 Å². The normalized spacial score (nSPS) is 11.4. The van der Waals surface area contributed by atoms with Crippen LogP contribution in [0.1, 0.15) is 11.3 Å². The highest BCUT2D eigenvalue weighted by Crippen LogP contribution is 2.29. The van der Waals surface area contributed by atoms with E-state index in [1.807, 2.05) is 0 Å². The molecule has 0 bridgehead atoms. The molecule has 0 atom stereocenters. The van der Waals surface area contributed by atoms with Crippen LogP contribution < -0.4 is 0 Å². The van der Waals surface area contributed by atoms with E-state index in [2.05, 4.69) is 9.97 Å². The number of rotatable bonds is 1. The fraction of sp³-hybridized carbons (Fsp3) is 0.0625. The van der Waals surface area contributed by atoms with Gasteiger partial charge in [0.15, 0.2) is 5.65 Å². The maximum Gasteiger partial charge on any atom is 0.433 e. The molecule has 0 aliphatic carbocycles. The Morgan fingerprint density at radius 2 is 1.70 bits per heavy atom. The van der Waals surface area contributed by atoms with Crippen molar-refractivity contribution in [1.29, 1.82) is 5.26 Å². The average molecular weight is 317 g/mol. The molecule has 1 aromatic carbocycles. The van der Waals surface area contributed by atoms with Crippen LogP contribution in [-0.4, -0.2) is 9.97 Å². The zero-order chi connectivity index (χ0) is 16.6. The summed E-state index contributed by atoms with van der Waals surface area (Å²) >= 11 is 0. The predicted octanol–water partition coefficient (Wildman–Crippen LogP) is 4.33. The van der Waals surface area contributed by atoms with Gasteiger partial charge >= 0.3 is 6.18 Å². The Bertz CT molecular complexity index is 942. The minimum absolute atomic E-state index is 0.0693. The fourth-order valence-corrected chi connectivity index (χ4v) is 2.09. The Kier molecular flexibility index (Phi) is 3.45. The van der Waals surface area contributed by atoms with Crippen LogP contribution in [0, 0.1) is 17.1 Å². The van der Waals surface area contributed by atoms with Crippen molar-refractivity contribution in [3.8, 4) is 17.3 Å². The Morgan fingerprint density at radius 1 is 0.957 bits per heavy atom. The van der Waals surface area contributed by atoms with Crippen molar-refractivity contribution in [2.75, 3.05) is 0 Å². The summed E-state index contributed by atoms with van der Waals surface area (Å²) in [5.41, 5.74) is -0.544. The van der Waals surface area contributed by atoms with Crippen LogP contribution >= 0.6 is 0 Å². The lowest BCUT2D eigenvalue weighted by molar-refractivity contribution is -0.141. The largest absolute Gasteiger partial charge is 0.433 e. The fourth-order valence-electron chi connectivity index (χ4n) is 2.09. The van der Waals surface area contributed by atoms with Crippen molar-refractivity contribution >= 4 is 11.0 Å². The molecule has 0 saturated carbocycles. The maximum absolute atomic E-state index is 13.3. The van der Waals surface area contributed by atoms with Gasteiger partial charge in [-0.2, -0.15) is 18.4 Å². The van der Waals surface area contributed by atoms with Gasteiger partial charge < -0.3 is 0 Å². The Balaban J connectivity index is 2.14. The number of nitriles is 1. The van der Waals surface area contributed by atoms with Crippen LogP contribution in [0.25, 0.3) is 22.3 Å². The molecule has 0 saturated heterocycles. The Labute approximate surface area is 127 Å². The van der Waals surface area contributed by atoms with E-state index in [0.717, 1.165) is 12.1 Å². The summed E-state index contributed by atoms with van der Waals surface area (Å²) in [5.74, 6) is -0.672. The second-order valence-corrected chi connectivity index (χ2v) is 4.74. The van der Waals surface area contributed by atoms with Crippen LogP contribution in [-0.2, 0) is 6.18 Å². The number of pyridine rings is 2. The zero-order valence-electron chi connectivity index (χ0n) is 11.4. The first-order chi connectivity index (χ1) is 10.9. The van der Waals surface area contributed by atoms with Crippen molar-refractivity contribution in [1.82, 2.24) is 9.97 Å². The lowest BCUT2D eigenvalue weighted by atomic mass is 10.1. The highest BCUT2D eigenvalue weighted by atomic mass is 19.4. The first-order valence-corrected chi connectivity index (χ1v) is 6.43. The molecule has 3 rings (SSSR count).